The van der Waals surface area contributed by atoms with Gasteiger partial charge in [0.2, 0.25) is 0 Å². The molecule has 4 saturated carbocycles. The van der Waals surface area contributed by atoms with E-state index in [9.17, 15) is 0 Å². The van der Waals surface area contributed by atoms with Crippen molar-refractivity contribution in [3.05, 3.63) is 284 Å². The van der Waals surface area contributed by atoms with Gasteiger partial charge in [0.25, 0.3) is 22.6 Å². The lowest BCUT2D eigenvalue weighted by Gasteiger charge is -2.57. The van der Waals surface area contributed by atoms with E-state index in [4.69, 9.17) is 12.3 Å². The van der Waals surface area contributed by atoms with Crippen molar-refractivity contribution in [1.82, 2.24) is 17.6 Å². The summed E-state index contributed by atoms with van der Waals surface area (Å²) in [5.41, 5.74) is 28.8. The SMILES string of the molecule is Cc1ccc2c3c1c1cccc(C)c1c1n3c(c[n+]1C)C13CCCCC21CCCC3.Cc1cccc2c3cccc4c3n3c(c[n+](C)c3c12)C12CCCCC41CCCC2.[2H]C([2H])([2H])C1(C)c2c(-c3ccccc3)[n+](C)c3c4c(C)cccc4c4c(C)ccc(c4n23)C1(C)C.[2H]C([2H])([2H])c1ccc2c3c1c1cccc(C)c1c1n3c(c(-c3ccccc3)[n+]1C)C(C)(C([2H])([2H])[2H])C2(C)C. The van der Waals surface area contributed by atoms with Crippen molar-refractivity contribution in [2.24, 2.45) is 28.2 Å². The van der Waals surface area contributed by atoms with E-state index in [-0.39, 0.29) is 5.56 Å². The topological polar surface area (TPSA) is 33.2 Å². The summed E-state index contributed by atoms with van der Waals surface area (Å²) in [7, 11) is 8.63. The number of aryl methyl sites for hydroxylation is 11. The van der Waals surface area contributed by atoms with Crippen LogP contribution in [0.1, 0.15) is 254 Å². The number of rotatable bonds is 2. The predicted octanol–water partition coefficient (Wildman–Crippen LogP) is 26.2. The van der Waals surface area contributed by atoms with Crippen LogP contribution in [-0.2, 0) is 71.5 Å². The van der Waals surface area contributed by atoms with Crippen molar-refractivity contribution in [2.45, 2.75) is 250 Å². The van der Waals surface area contributed by atoms with Crippen LogP contribution in [0.4, 0.5) is 0 Å². The summed E-state index contributed by atoms with van der Waals surface area (Å²) in [4.78, 5) is 0. The largest absolute Gasteiger partial charge is 0.295 e. The summed E-state index contributed by atoms with van der Waals surface area (Å²) >= 11 is 0. The summed E-state index contributed by atoms with van der Waals surface area (Å²) < 4.78 is 97.7. The van der Waals surface area contributed by atoms with Gasteiger partial charge in [0.05, 0.1) is 49.7 Å². The standard InChI is InChI=1S/2C30H31N2.C28H31N2.C27H29N2/c2*1-18-12-11-15-21-23-19(2)16-17-22-26(23)32-27(30(5,6)29(22,3)4)25(20-13-9-8-10-14-20)31(7)28(32)24(18)21;1-18-9-8-10-20-23-19(2)11-12-21-25(23)30-22(17-29(3)26(30)24(18)20)28-15-6-4-13-27(21,28)14-5-7-16-28;1-18-9-7-10-19-20-11-8-12-21-24(20)29-22(17-28(2)25(29)23(18)19)27-15-5-3-13-26(21,27)14-4-6-16-27/h2*8-17H,1-7H3;8-12,17H,4-7,13-16H2,1-3H3;7-12,17H,3-6,13-16H2,1-2H3/q4*+1/i2D3,5D3;5D3;;. The van der Waals surface area contributed by atoms with Gasteiger partial charge in [-0.25, -0.2) is 18.3 Å². The number of benzene rings is 10. The smallest absolute Gasteiger partial charge is 0.232 e. The lowest BCUT2D eigenvalue weighted by molar-refractivity contribution is -0.644. The molecule has 4 aliphatic heterocycles. The molecule has 0 amide bonds. The predicted molar refractivity (Wildman–Crippen MR) is 511 cm³/mol. The molecule has 0 radical (unpaired) electrons. The maximum absolute atomic E-state index is 8.91. The number of hydrogen-bond acceptors (Lipinski definition) is 0. The monoisotopic (exact) mass is 1620 g/mol. The lowest BCUT2D eigenvalue weighted by atomic mass is 9.46. The first-order valence-corrected chi connectivity index (χ1v) is 46.0. The van der Waals surface area contributed by atoms with Crippen LogP contribution in [0, 0.1) is 48.4 Å². The van der Waals surface area contributed by atoms with Crippen molar-refractivity contribution in [2.75, 3.05) is 0 Å². The summed E-state index contributed by atoms with van der Waals surface area (Å²) in [6, 6.07) is 66.5. The quantitative estimate of drug-likeness (QED) is 0.122. The molecule has 0 saturated heterocycles. The Balaban J connectivity index is 0.000000100. The van der Waals surface area contributed by atoms with Crippen molar-refractivity contribution < 1.29 is 30.6 Å². The molecule has 123 heavy (non-hydrogen) atoms. The van der Waals surface area contributed by atoms with E-state index in [2.05, 4.69) is 227 Å². The minimum Gasteiger partial charge on any atom is -0.232 e. The van der Waals surface area contributed by atoms with Crippen molar-refractivity contribution in [3.63, 3.8) is 0 Å². The van der Waals surface area contributed by atoms with E-state index in [1.165, 1.54) is 201 Å². The van der Waals surface area contributed by atoms with Gasteiger partial charge in [-0.1, -0.05) is 295 Å². The molecule has 0 N–H and O–H groups in total. The van der Waals surface area contributed by atoms with Crippen LogP contribution >= 0.6 is 0 Å². The molecule has 26 rings (SSSR count). The van der Waals surface area contributed by atoms with E-state index >= 15 is 0 Å². The first-order valence-electron chi connectivity index (χ1n) is 50.5. The number of fused-ring (bicyclic) bond motifs is 12. The van der Waals surface area contributed by atoms with Gasteiger partial charge in [-0.15, -0.1) is 0 Å². The highest BCUT2D eigenvalue weighted by Gasteiger charge is 2.65. The molecule has 0 spiro atoms. The lowest BCUT2D eigenvalue weighted by Crippen LogP contribution is -2.56. The van der Waals surface area contributed by atoms with Crippen LogP contribution in [-0.4, -0.2) is 17.6 Å². The Morgan fingerprint density at radius 2 is 0.593 bits per heavy atom. The molecule has 2 atom stereocenters. The van der Waals surface area contributed by atoms with Crippen molar-refractivity contribution in [1.29, 1.82) is 0 Å². The van der Waals surface area contributed by atoms with Crippen LogP contribution in [0.15, 0.2) is 200 Å². The fourth-order valence-corrected chi connectivity index (χ4v) is 28.0. The van der Waals surface area contributed by atoms with Gasteiger partial charge in [0.15, 0.2) is 34.2 Å². The zero-order valence-electron chi connectivity index (χ0n) is 83.9. The Hall–Kier alpha value is -11.0. The molecular formula is C115H122N8+4. The second-order valence-electron chi connectivity index (χ2n) is 40.7. The van der Waals surface area contributed by atoms with E-state index in [0.29, 0.717) is 32.7 Å². The summed E-state index contributed by atoms with van der Waals surface area (Å²) in [6.45, 7) is 18.3. The van der Waals surface area contributed by atoms with Gasteiger partial charge in [-0.2, -0.15) is 17.6 Å². The van der Waals surface area contributed by atoms with Crippen LogP contribution in [0.5, 0.6) is 0 Å². The highest BCUT2D eigenvalue weighted by Crippen LogP contribution is 2.67. The molecular weight excluding hydrogens is 1490 g/mol. The van der Waals surface area contributed by atoms with Gasteiger partial charge in [0.1, 0.15) is 34.5 Å². The van der Waals surface area contributed by atoms with Gasteiger partial charge >= 0.3 is 0 Å². The summed E-state index contributed by atoms with van der Waals surface area (Å²) in [6.07, 6.45) is 27.1. The fraction of sp³-hybridized carbons (Fsp3) is 0.374. The highest BCUT2D eigenvalue weighted by atomic mass is 15.2. The molecule has 12 heterocycles. The molecule has 18 aromatic rings. The van der Waals surface area contributed by atoms with Crippen LogP contribution in [0.3, 0.4) is 0 Å². The van der Waals surface area contributed by atoms with E-state index in [0.717, 1.165) is 78.0 Å². The molecule has 4 fully saturated rings. The van der Waals surface area contributed by atoms with E-state index in [1.54, 1.807) is 28.6 Å². The number of nitrogens with zero attached hydrogens (tertiary/aromatic N) is 8. The number of pyridine rings is 4. The van der Waals surface area contributed by atoms with E-state index < -0.39 is 42.2 Å². The van der Waals surface area contributed by atoms with Crippen molar-refractivity contribution in [3.8, 4) is 22.5 Å². The number of aromatic nitrogens is 8. The third-order valence-corrected chi connectivity index (χ3v) is 34.4. The minimum atomic E-state index is -2.35. The average molecular weight is 1630 g/mol. The summed E-state index contributed by atoms with van der Waals surface area (Å²) in [5, 5.41) is 14.8. The highest BCUT2D eigenvalue weighted by molar-refractivity contribution is 6.19. The molecule has 0 bridgehead atoms. The molecule has 618 valence electrons. The Kier molecular flexibility index (Phi) is 14.3. The Labute approximate surface area is 738 Å². The summed E-state index contributed by atoms with van der Waals surface area (Å²) in [5.74, 6) is 0. The van der Waals surface area contributed by atoms with Gasteiger partial charge in [0, 0.05) is 132 Å². The molecule has 4 aliphatic carbocycles. The van der Waals surface area contributed by atoms with Crippen molar-refractivity contribution >= 4 is 109 Å². The normalized spacial score (nSPS) is 24.9. The zero-order valence-corrected chi connectivity index (χ0v) is 74.9. The molecule has 2 unspecified atom stereocenters. The maximum Gasteiger partial charge on any atom is 0.295 e. The Morgan fingerprint density at radius 3 is 1.00 bits per heavy atom. The fourth-order valence-electron chi connectivity index (χ4n) is 28.0. The Bertz CT molecular complexity index is 8080. The van der Waals surface area contributed by atoms with Crippen LogP contribution in [0.2, 0.25) is 0 Å². The van der Waals surface area contributed by atoms with E-state index in [1.807, 2.05) is 114 Å². The van der Waals surface area contributed by atoms with Crippen LogP contribution < -0.4 is 18.3 Å². The second-order valence-corrected chi connectivity index (χ2v) is 40.7. The van der Waals surface area contributed by atoms with Crippen LogP contribution in [0.25, 0.3) is 132 Å². The molecule has 8 aliphatic rings. The third-order valence-electron chi connectivity index (χ3n) is 34.4. The first kappa shape index (κ1) is 67.5. The maximum atomic E-state index is 8.91. The average Bonchev–Trinajstić information content (AvgIpc) is 1.30. The van der Waals surface area contributed by atoms with Gasteiger partial charge in [-0.3, -0.25) is 0 Å². The molecule has 8 aromatic heterocycles. The minimum absolute atomic E-state index is 0.283. The third kappa shape index (κ3) is 9.44. The molecule has 8 nitrogen and oxygen atoms in total. The Morgan fingerprint density at radius 1 is 0.276 bits per heavy atom. The zero-order chi connectivity index (χ0) is 92.3. The van der Waals surface area contributed by atoms with Gasteiger partial charge in [-0.05, 0) is 139 Å². The number of hydrogen-bond donors (Lipinski definition) is 0. The van der Waals surface area contributed by atoms with Gasteiger partial charge < -0.3 is 0 Å². The second kappa shape index (κ2) is 26.1. The molecule has 8 heteroatoms. The molecule has 10 aromatic carbocycles. The number of imidazole rings is 4. The number of para-hydroxylation sites is 1. The first-order chi connectivity index (χ1) is 62.8.